The monoisotopic (exact) mass is 290 g/mol. The Kier molecular flexibility index (Phi) is 4.17. The average molecular weight is 290 g/mol. The zero-order valence-electron chi connectivity index (χ0n) is 11.3. The van der Waals surface area contributed by atoms with Crippen LogP contribution < -0.4 is 5.32 Å². The van der Waals surface area contributed by atoms with Gasteiger partial charge in [-0.15, -0.1) is 0 Å². The van der Waals surface area contributed by atoms with Crippen LogP contribution >= 0.6 is 0 Å². The van der Waals surface area contributed by atoms with Crippen molar-refractivity contribution in [2.45, 2.75) is 13.5 Å². The zero-order valence-corrected chi connectivity index (χ0v) is 11.3. The number of nitrogens with zero attached hydrogens (tertiary/aromatic N) is 3. The van der Waals surface area contributed by atoms with E-state index in [4.69, 9.17) is 5.11 Å². The molecule has 0 atom stereocenters. The molecule has 8 heteroatoms. The first-order chi connectivity index (χ1) is 9.99. The van der Waals surface area contributed by atoms with Gasteiger partial charge in [0.25, 0.3) is 5.69 Å². The third-order valence-electron chi connectivity index (χ3n) is 3.04. The lowest BCUT2D eigenvalue weighted by Gasteiger charge is -2.11. The number of hydrogen-bond acceptors (Lipinski definition) is 5. The molecular weight excluding hydrogens is 276 g/mol. The number of benzene rings is 1. The molecule has 0 fully saturated rings. The second-order valence-corrected chi connectivity index (χ2v) is 4.43. The summed E-state index contributed by atoms with van der Waals surface area (Å²) in [7, 11) is 0. The fourth-order valence-electron chi connectivity index (χ4n) is 1.93. The molecule has 0 saturated carbocycles. The van der Waals surface area contributed by atoms with Crippen LogP contribution in [0.1, 0.15) is 15.9 Å². The fraction of sp³-hybridized carbons (Fsp3) is 0.231. The van der Waals surface area contributed by atoms with Crippen LogP contribution in [0.25, 0.3) is 0 Å². The maximum atomic E-state index is 11.0. The summed E-state index contributed by atoms with van der Waals surface area (Å²) in [4.78, 5) is 21.4. The molecule has 110 valence electrons. The van der Waals surface area contributed by atoms with Gasteiger partial charge < -0.3 is 10.4 Å². The van der Waals surface area contributed by atoms with E-state index in [-0.39, 0.29) is 11.3 Å². The van der Waals surface area contributed by atoms with Crippen molar-refractivity contribution in [1.29, 1.82) is 0 Å². The van der Waals surface area contributed by atoms with Crippen molar-refractivity contribution in [3.8, 4) is 0 Å². The summed E-state index contributed by atoms with van der Waals surface area (Å²) in [6, 6.07) is 4.26. The average Bonchev–Trinajstić information content (AvgIpc) is 2.93. The fourth-order valence-corrected chi connectivity index (χ4v) is 1.93. The van der Waals surface area contributed by atoms with Gasteiger partial charge in [-0.2, -0.15) is 5.10 Å². The summed E-state index contributed by atoms with van der Waals surface area (Å²) in [5.74, 6) is -1.20. The Morgan fingerprint density at radius 3 is 2.86 bits per heavy atom. The minimum atomic E-state index is -1.20. The summed E-state index contributed by atoms with van der Waals surface area (Å²) >= 11 is 0. The van der Waals surface area contributed by atoms with Gasteiger partial charge in [0.15, 0.2) is 0 Å². The van der Waals surface area contributed by atoms with Crippen LogP contribution in [-0.4, -0.2) is 32.3 Å². The topological polar surface area (TPSA) is 110 Å². The molecule has 0 aliphatic rings. The van der Waals surface area contributed by atoms with Crippen LogP contribution in [0.3, 0.4) is 0 Å². The van der Waals surface area contributed by atoms with Crippen molar-refractivity contribution in [3.05, 3.63) is 51.8 Å². The summed E-state index contributed by atoms with van der Waals surface area (Å²) in [5.41, 5.74) is 0.518. The Hall–Kier alpha value is -2.90. The van der Waals surface area contributed by atoms with Crippen molar-refractivity contribution in [2.75, 3.05) is 11.9 Å². The molecule has 0 bridgehead atoms. The lowest BCUT2D eigenvalue weighted by Crippen LogP contribution is -2.12. The molecule has 1 aromatic carbocycles. The van der Waals surface area contributed by atoms with Crippen LogP contribution in [0.4, 0.5) is 11.4 Å². The highest BCUT2D eigenvalue weighted by molar-refractivity contribution is 5.90. The minimum Gasteiger partial charge on any atom is -0.478 e. The largest absolute Gasteiger partial charge is 0.478 e. The van der Waals surface area contributed by atoms with Crippen LogP contribution in [-0.2, 0) is 6.54 Å². The third kappa shape index (κ3) is 3.35. The van der Waals surface area contributed by atoms with Crippen LogP contribution in [0.5, 0.6) is 0 Å². The number of aromatic carboxylic acids is 1. The van der Waals surface area contributed by atoms with Crippen LogP contribution in [0.2, 0.25) is 0 Å². The minimum absolute atomic E-state index is 0.117. The van der Waals surface area contributed by atoms with E-state index in [9.17, 15) is 14.9 Å². The first kappa shape index (κ1) is 14.5. The molecule has 2 aromatic rings. The highest BCUT2D eigenvalue weighted by Gasteiger charge is 2.18. The number of carboxylic acid groups (broad SMARTS) is 1. The lowest BCUT2D eigenvalue weighted by atomic mass is 10.1. The second kappa shape index (κ2) is 6.04. The van der Waals surface area contributed by atoms with Gasteiger partial charge in [0.2, 0.25) is 0 Å². The van der Waals surface area contributed by atoms with Gasteiger partial charge >= 0.3 is 5.97 Å². The molecule has 0 aliphatic carbocycles. The maximum absolute atomic E-state index is 11.0. The zero-order chi connectivity index (χ0) is 15.4. The smallest absolute Gasteiger partial charge is 0.336 e. The van der Waals surface area contributed by atoms with E-state index < -0.39 is 10.9 Å². The van der Waals surface area contributed by atoms with E-state index in [1.54, 1.807) is 30.1 Å². The van der Waals surface area contributed by atoms with E-state index in [1.807, 2.05) is 0 Å². The molecular formula is C13H14N4O4. The van der Waals surface area contributed by atoms with Crippen molar-refractivity contribution in [3.63, 3.8) is 0 Å². The van der Waals surface area contributed by atoms with Gasteiger partial charge in [-0.05, 0) is 19.1 Å². The summed E-state index contributed by atoms with van der Waals surface area (Å²) in [5, 5.41) is 27.0. The van der Waals surface area contributed by atoms with Crippen LogP contribution in [0.15, 0.2) is 30.6 Å². The predicted molar refractivity (Wildman–Crippen MR) is 75.5 cm³/mol. The van der Waals surface area contributed by atoms with E-state index in [1.165, 1.54) is 6.07 Å². The van der Waals surface area contributed by atoms with Gasteiger partial charge in [0, 0.05) is 36.3 Å². The molecule has 0 aliphatic heterocycles. The normalized spacial score (nSPS) is 10.3. The molecule has 2 rings (SSSR count). The predicted octanol–water partition coefficient (Wildman–Crippen LogP) is 1.91. The van der Waals surface area contributed by atoms with Gasteiger partial charge in [-0.3, -0.25) is 14.8 Å². The Labute approximate surface area is 120 Å². The SMILES string of the molecule is Cc1c(NCCn2cccn2)cc(C(=O)O)cc1[N+](=O)[O-]. The molecule has 8 nitrogen and oxygen atoms in total. The highest BCUT2D eigenvalue weighted by Crippen LogP contribution is 2.27. The van der Waals surface area contributed by atoms with E-state index in [2.05, 4.69) is 10.4 Å². The Bertz CT molecular complexity index is 667. The van der Waals surface area contributed by atoms with Crippen molar-refractivity contribution >= 4 is 17.3 Å². The summed E-state index contributed by atoms with van der Waals surface area (Å²) in [6.07, 6.45) is 3.45. The second-order valence-electron chi connectivity index (χ2n) is 4.43. The first-order valence-corrected chi connectivity index (χ1v) is 6.22. The number of rotatable bonds is 6. The molecule has 0 unspecified atom stereocenters. The van der Waals surface area contributed by atoms with Crippen molar-refractivity contribution < 1.29 is 14.8 Å². The summed E-state index contributed by atoms with van der Waals surface area (Å²) < 4.78 is 1.71. The first-order valence-electron chi connectivity index (χ1n) is 6.22. The molecule has 0 saturated heterocycles. The molecule has 0 radical (unpaired) electrons. The number of nitrogens with one attached hydrogen (secondary N) is 1. The number of aromatic nitrogens is 2. The van der Waals surface area contributed by atoms with Gasteiger partial charge in [0.1, 0.15) is 0 Å². The Morgan fingerprint density at radius 2 is 2.29 bits per heavy atom. The van der Waals surface area contributed by atoms with E-state index in [0.717, 1.165) is 6.07 Å². The number of anilines is 1. The molecule has 0 amide bonds. The number of nitro groups is 1. The van der Waals surface area contributed by atoms with E-state index in [0.29, 0.717) is 24.3 Å². The number of nitro benzene ring substituents is 1. The lowest BCUT2D eigenvalue weighted by molar-refractivity contribution is -0.385. The molecule has 21 heavy (non-hydrogen) atoms. The third-order valence-corrected chi connectivity index (χ3v) is 3.04. The highest BCUT2D eigenvalue weighted by atomic mass is 16.6. The van der Waals surface area contributed by atoms with E-state index >= 15 is 0 Å². The summed E-state index contributed by atoms with van der Waals surface area (Å²) in [6.45, 7) is 2.63. The Morgan fingerprint density at radius 1 is 1.52 bits per heavy atom. The van der Waals surface area contributed by atoms with Gasteiger partial charge in [-0.1, -0.05) is 0 Å². The standard InChI is InChI=1S/C13H14N4O4/c1-9-11(14-4-6-16-5-2-3-15-16)7-10(13(18)19)8-12(9)17(20)21/h2-3,5,7-8,14H,4,6H2,1H3,(H,18,19). The molecule has 1 aromatic heterocycles. The molecule has 2 N–H and O–H groups in total. The number of hydrogen-bond donors (Lipinski definition) is 2. The number of carboxylic acids is 1. The van der Waals surface area contributed by atoms with Crippen molar-refractivity contribution in [1.82, 2.24) is 9.78 Å². The quantitative estimate of drug-likeness (QED) is 0.621. The van der Waals surface area contributed by atoms with Gasteiger partial charge in [0.05, 0.1) is 17.0 Å². The maximum Gasteiger partial charge on any atom is 0.336 e. The number of carbonyl (C=O) groups is 1. The van der Waals surface area contributed by atoms with Crippen molar-refractivity contribution in [2.24, 2.45) is 0 Å². The molecule has 0 spiro atoms. The van der Waals surface area contributed by atoms with Gasteiger partial charge in [-0.25, -0.2) is 4.79 Å². The Balaban J connectivity index is 2.20. The molecule has 1 heterocycles. The van der Waals surface area contributed by atoms with Crippen LogP contribution in [0, 0.1) is 17.0 Å².